The summed E-state index contributed by atoms with van der Waals surface area (Å²) < 4.78 is 0. The third-order valence-corrected chi connectivity index (χ3v) is 2.57. The fourth-order valence-electron chi connectivity index (χ4n) is 1.79. The zero-order chi connectivity index (χ0) is 7.94. The van der Waals surface area contributed by atoms with E-state index in [0.29, 0.717) is 0 Å². The summed E-state index contributed by atoms with van der Waals surface area (Å²) in [5.41, 5.74) is 0. The highest BCUT2D eigenvalue weighted by atomic mass is 16.0. The van der Waals surface area contributed by atoms with Gasteiger partial charge >= 0.3 is 0 Å². The molecule has 0 aromatic carbocycles. The predicted molar refractivity (Wildman–Crippen MR) is 53.4 cm³/mol. The first-order chi connectivity index (χ1) is 5.43. The Morgan fingerprint density at radius 1 is 1.17 bits per heavy atom. The van der Waals surface area contributed by atoms with Crippen molar-refractivity contribution in [2.75, 3.05) is 6.54 Å². The van der Waals surface area contributed by atoms with Gasteiger partial charge in [-0.25, -0.2) is 0 Å². The maximum atomic E-state index is 3.62. The van der Waals surface area contributed by atoms with E-state index >= 15 is 0 Å². The first-order valence-corrected chi connectivity index (χ1v) is 5.17. The van der Waals surface area contributed by atoms with Crippen LogP contribution in [0, 0.1) is 0 Å². The van der Waals surface area contributed by atoms with Crippen LogP contribution in [0.5, 0.6) is 0 Å². The minimum absolute atomic E-state index is 0. The van der Waals surface area contributed by atoms with Gasteiger partial charge in [-0.2, -0.15) is 0 Å². The van der Waals surface area contributed by atoms with Crippen LogP contribution in [0.15, 0.2) is 0 Å². The topological polar surface area (TPSA) is 43.5 Å². The van der Waals surface area contributed by atoms with Gasteiger partial charge in [0.1, 0.15) is 0 Å². The van der Waals surface area contributed by atoms with Crippen molar-refractivity contribution in [3.63, 3.8) is 0 Å². The van der Waals surface area contributed by atoms with Gasteiger partial charge in [0.25, 0.3) is 0 Å². The number of nitrogens with one attached hydrogen (secondary N) is 1. The molecule has 2 nitrogen and oxygen atoms in total. The molecule has 1 saturated carbocycles. The van der Waals surface area contributed by atoms with Crippen LogP contribution in [0.2, 0.25) is 0 Å². The van der Waals surface area contributed by atoms with Crippen molar-refractivity contribution in [3.05, 3.63) is 0 Å². The van der Waals surface area contributed by atoms with Crippen molar-refractivity contribution >= 4 is 0 Å². The van der Waals surface area contributed by atoms with Gasteiger partial charge in [0.05, 0.1) is 0 Å². The zero-order valence-corrected chi connectivity index (χ0v) is 8.23. The zero-order valence-electron chi connectivity index (χ0n) is 8.23. The Hall–Kier alpha value is -0.0800. The lowest BCUT2D eigenvalue weighted by Gasteiger charge is -2.22. The Balaban J connectivity index is 0.00000121. The highest BCUT2D eigenvalue weighted by Gasteiger charge is 2.11. The molecule has 2 heteroatoms. The van der Waals surface area contributed by atoms with E-state index in [2.05, 4.69) is 12.2 Å². The molecule has 0 radical (unpaired) electrons. The molecule has 0 unspecified atom stereocenters. The number of hydrogen-bond acceptors (Lipinski definition) is 1. The molecule has 0 aromatic heterocycles. The molecule has 0 bridgehead atoms. The first-order valence-electron chi connectivity index (χ1n) is 5.17. The van der Waals surface area contributed by atoms with Crippen LogP contribution >= 0.6 is 0 Å². The second-order valence-electron chi connectivity index (χ2n) is 3.64. The molecule has 0 atom stereocenters. The van der Waals surface area contributed by atoms with Crippen molar-refractivity contribution in [1.82, 2.24) is 5.32 Å². The van der Waals surface area contributed by atoms with Gasteiger partial charge in [0.2, 0.25) is 0 Å². The highest BCUT2D eigenvalue weighted by Crippen LogP contribution is 2.17. The lowest BCUT2D eigenvalue weighted by molar-refractivity contribution is 0.372. The van der Waals surface area contributed by atoms with E-state index in [9.17, 15) is 0 Å². The molecule has 74 valence electrons. The summed E-state index contributed by atoms with van der Waals surface area (Å²) in [6.07, 6.45) is 9.86. The lowest BCUT2D eigenvalue weighted by atomic mass is 9.95. The fourth-order valence-corrected chi connectivity index (χ4v) is 1.79. The monoisotopic (exact) mass is 173 g/mol. The summed E-state index contributed by atoms with van der Waals surface area (Å²) in [7, 11) is 0. The third-order valence-electron chi connectivity index (χ3n) is 2.57. The van der Waals surface area contributed by atoms with Crippen molar-refractivity contribution in [1.29, 1.82) is 0 Å². The molecule has 1 aliphatic rings. The molecule has 1 fully saturated rings. The van der Waals surface area contributed by atoms with Crippen molar-refractivity contribution in [2.24, 2.45) is 0 Å². The van der Waals surface area contributed by atoms with E-state index in [1.54, 1.807) is 0 Å². The second-order valence-corrected chi connectivity index (χ2v) is 3.64. The molecule has 0 aliphatic heterocycles. The van der Waals surface area contributed by atoms with Gasteiger partial charge in [-0.1, -0.05) is 32.6 Å². The van der Waals surface area contributed by atoms with Gasteiger partial charge < -0.3 is 10.8 Å². The summed E-state index contributed by atoms with van der Waals surface area (Å²) >= 11 is 0. The predicted octanol–water partition coefficient (Wildman–Crippen LogP) is 1.88. The van der Waals surface area contributed by atoms with Crippen LogP contribution in [-0.2, 0) is 0 Å². The number of unbranched alkanes of at least 4 members (excludes halogenated alkanes) is 1. The van der Waals surface area contributed by atoms with Gasteiger partial charge in [0, 0.05) is 6.04 Å². The van der Waals surface area contributed by atoms with Gasteiger partial charge in [-0.3, -0.25) is 0 Å². The van der Waals surface area contributed by atoms with Crippen molar-refractivity contribution in [3.8, 4) is 0 Å². The minimum Gasteiger partial charge on any atom is -0.412 e. The van der Waals surface area contributed by atoms with E-state index in [4.69, 9.17) is 0 Å². The van der Waals surface area contributed by atoms with Gasteiger partial charge in [-0.05, 0) is 25.8 Å². The van der Waals surface area contributed by atoms with E-state index in [-0.39, 0.29) is 5.48 Å². The number of rotatable bonds is 4. The Morgan fingerprint density at radius 3 is 2.42 bits per heavy atom. The van der Waals surface area contributed by atoms with Crippen LogP contribution in [0.1, 0.15) is 51.9 Å². The van der Waals surface area contributed by atoms with Crippen LogP contribution < -0.4 is 5.32 Å². The SMILES string of the molecule is CCCCNC1CCCCC1.O. The Morgan fingerprint density at radius 2 is 1.83 bits per heavy atom. The Labute approximate surface area is 76.0 Å². The summed E-state index contributed by atoms with van der Waals surface area (Å²) in [5.74, 6) is 0. The van der Waals surface area contributed by atoms with E-state index in [1.165, 1.54) is 51.5 Å². The van der Waals surface area contributed by atoms with Crippen LogP contribution in [0.4, 0.5) is 0 Å². The average Bonchev–Trinajstić information content (AvgIpc) is 2.07. The molecule has 0 amide bonds. The largest absolute Gasteiger partial charge is 0.412 e. The summed E-state index contributed by atoms with van der Waals surface area (Å²) in [4.78, 5) is 0. The van der Waals surface area contributed by atoms with E-state index in [1.807, 2.05) is 0 Å². The van der Waals surface area contributed by atoms with E-state index < -0.39 is 0 Å². The summed E-state index contributed by atoms with van der Waals surface area (Å²) in [5, 5.41) is 3.62. The molecule has 12 heavy (non-hydrogen) atoms. The van der Waals surface area contributed by atoms with Crippen LogP contribution in [0.3, 0.4) is 0 Å². The van der Waals surface area contributed by atoms with Crippen LogP contribution in [0.25, 0.3) is 0 Å². The first kappa shape index (κ1) is 11.9. The average molecular weight is 173 g/mol. The molecule has 3 N–H and O–H groups in total. The maximum absolute atomic E-state index is 3.62. The second kappa shape index (κ2) is 7.56. The Bertz CT molecular complexity index is 89.8. The summed E-state index contributed by atoms with van der Waals surface area (Å²) in [6, 6.07) is 0.857. The normalized spacial score (nSPS) is 18.8. The summed E-state index contributed by atoms with van der Waals surface area (Å²) in [6.45, 7) is 3.49. The molecular formula is C10H23NO. The lowest BCUT2D eigenvalue weighted by Crippen LogP contribution is -2.31. The fraction of sp³-hybridized carbons (Fsp3) is 1.00. The molecule has 0 heterocycles. The molecule has 0 saturated heterocycles. The molecular weight excluding hydrogens is 150 g/mol. The molecule has 0 aromatic rings. The van der Waals surface area contributed by atoms with Gasteiger partial charge in [-0.15, -0.1) is 0 Å². The van der Waals surface area contributed by atoms with Crippen molar-refractivity contribution < 1.29 is 5.48 Å². The van der Waals surface area contributed by atoms with Crippen LogP contribution in [-0.4, -0.2) is 18.1 Å². The highest BCUT2D eigenvalue weighted by molar-refractivity contribution is 4.71. The number of hydrogen-bond donors (Lipinski definition) is 1. The molecule has 1 aliphatic carbocycles. The van der Waals surface area contributed by atoms with Crippen molar-refractivity contribution in [2.45, 2.75) is 57.9 Å². The Kier molecular flexibility index (Phi) is 7.51. The minimum atomic E-state index is 0. The van der Waals surface area contributed by atoms with E-state index in [0.717, 1.165) is 6.04 Å². The van der Waals surface area contributed by atoms with Gasteiger partial charge in [0.15, 0.2) is 0 Å². The standard InChI is InChI=1S/C10H21N.H2O/c1-2-3-9-11-10-7-5-4-6-8-10;/h10-11H,2-9H2,1H3;1H2. The molecule has 1 rings (SSSR count). The molecule has 0 spiro atoms. The smallest absolute Gasteiger partial charge is 0.00670 e. The third kappa shape index (κ3) is 4.73. The maximum Gasteiger partial charge on any atom is 0.00670 e. The quantitative estimate of drug-likeness (QED) is 0.648.